The van der Waals surface area contributed by atoms with Crippen molar-refractivity contribution in [3.05, 3.63) is 29.3 Å². The first-order valence-electron chi connectivity index (χ1n) is 8.46. The monoisotopic (exact) mass is 387 g/mol. The number of sulfonamides is 1. The molecule has 1 amide bonds. The fourth-order valence-corrected chi connectivity index (χ4v) is 4.51. The maximum absolute atomic E-state index is 12.8. The Morgan fingerprint density at radius 2 is 2.04 bits per heavy atom. The zero-order valence-electron chi connectivity index (χ0n) is 14.9. The number of likely N-dealkylation sites (tertiary alicyclic amines) is 1. The number of amides is 1. The Labute approximate surface area is 155 Å². The van der Waals surface area contributed by atoms with Crippen molar-refractivity contribution in [1.82, 2.24) is 10.2 Å². The van der Waals surface area contributed by atoms with Gasteiger partial charge < -0.3 is 10.2 Å². The van der Waals surface area contributed by atoms with Gasteiger partial charge in [0, 0.05) is 11.1 Å². The summed E-state index contributed by atoms with van der Waals surface area (Å²) in [5.74, 6) is -0.262. The summed E-state index contributed by atoms with van der Waals surface area (Å²) in [4.78, 5) is 15.0. The van der Waals surface area contributed by atoms with Gasteiger partial charge in [-0.05, 0) is 57.6 Å². The van der Waals surface area contributed by atoms with Gasteiger partial charge in [0.2, 0.25) is 15.9 Å². The molecule has 0 spiro atoms. The van der Waals surface area contributed by atoms with Crippen molar-refractivity contribution in [3.8, 4) is 0 Å². The molecule has 1 aromatic carbocycles. The van der Waals surface area contributed by atoms with Crippen LogP contribution in [0.5, 0.6) is 0 Å². The minimum Gasteiger partial charge on any atom is -0.351 e. The Balaban J connectivity index is 2.23. The lowest BCUT2D eigenvalue weighted by atomic mass is 10.0. The number of carbonyl (C=O) groups excluding carboxylic acids is 1. The van der Waals surface area contributed by atoms with E-state index >= 15 is 0 Å². The summed E-state index contributed by atoms with van der Waals surface area (Å²) in [6.45, 7) is 3.65. The van der Waals surface area contributed by atoms with E-state index in [1.54, 1.807) is 24.3 Å². The zero-order valence-corrected chi connectivity index (χ0v) is 16.5. The fraction of sp³-hybridized carbons (Fsp3) is 0.588. The molecular weight excluding hydrogens is 362 g/mol. The Morgan fingerprint density at radius 1 is 1.40 bits per heavy atom. The van der Waals surface area contributed by atoms with Crippen molar-refractivity contribution in [2.24, 2.45) is 0 Å². The van der Waals surface area contributed by atoms with Crippen LogP contribution >= 0.6 is 11.6 Å². The van der Waals surface area contributed by atoms with E-state index in [1.807, 2.05) is 6.92 Å². The maximum atomic E-state index is 12.8. The van der Waals surface area contributed by atoms with Gasteiger partial charge in [0.1, 0.15) is 6.04 Å². The largest absolute Gasteiger partial charge is 0.351 e. The van der Waals surface area contributed by atoms with E-state index in [4.69, 9.17) is 11.6 Å². The van der Waals surface area contributed by atoms with E-state index in [9.17, 15) is 13.2 Å². The van der Waals surface area contributed by atoms with Crippen LogP contribution in [0.15, 0.2) is 24.3 Å². The lowest BCUT2D eigenvalue weighted by Gasteiger charge is -2.34. The average Bonchev–Trinajstić information content (AvgIpc) is 2.53. The van der Waals surface area contributed by atoms with E-state index < -0.39 is 16.1 Å². The van der Waals surface area contributed by atoms with E-state index in [1.165, 1.54) is 4.31 Å². The summed E-state index contributed by atoms with van der Waals surface area (Å²) in [6, 6.07) is 5.85. The van der Waals surface area contributed by atoms with Gasteiger partial charge in [-0.15, -0.1) is 0 Å². The molecular formula is C17H26ClN3O3S. The lowest BCUT2D eigenvalue weighted by Crippen LogP contribution is -2.53. The number of benzene rings is 1. The average molecular weight is 388 g/mol. The molecule has 1 atom stereocenters. The summed E-state index contributed by atoms with van der Waals surface area (Å²) in [6.07, 6.45) is 3.22. The Kier molecular flexibility index (Phi) is 6.71. The predicted molar refractivity (Wildman–Crippen MR) is 102 cm³/mol. The van der Waals surface area contributed by atoms with Gasteiger partial charge in [-0.2, -0.15) is 0 Å². The summed E-state index contributed by atoms with van der Waals surface area (Å²) >= 11 is 6.01. The van der Waals surface area contributed by atoms with Crippen LogP contribution in [0.25, 0.3) is 0 Å². The van der Waals surface area contributed by atoms with Crippen molar-refractivity contribution in [1.29, 1.82) is 0 Å². The van der Waals surface area contributed by atoms with Crippen LogP contribution in [0, 0.1) is 0 Å². The number of hydrogen-bond donors (Lipinski definition) is 1. The number of halogens is 1. The maximum Gasteiger partial charge on any atom is 0.244 e. The normalized spacial score (nSPS) is 17.9. The number of piperidine rings is 1. The second-order valence-corrected chi connectivity index (χ2v) is 8.84. The van der Waals surface area contributed by atoms with Crippen molar-refractivity contribution in [2.45, 2.75) is 38.3 Å². The highest BCUT2D eigenvalue weighted by molar-refractivity contribution is 7.92. The standard InChI is InChI=1S/C17H26ClN3O3S/c1-4-16(17(22)19-14-8-10-20(2)11-9-14)21(25(3,23)24)15-7-5-6-13(18)12-15/h5-7,12,14,16H,4,8-11H2,1-3H3,(H,19,22)/t16-/m1/s1. The van der Waals surface area contributed by atoms with Crippen LogP contribution in [0.4, 0.5) is 5.69 Å². The third kappa shape index (κ3) is 5.33. The van der Waals surface area contributed by atoms with Crippen LogP contribution in [0.3, 0.4) is 0 Å². The smallest absolute Gasteiger partial charge is 0.244 e. The summed E-state index contributed by atoms with van der Waals surface area (Å²) < 4.78 is 25.9. The molecule has 0 radical (unpaired) electrons. The Hall–Kier alpha value is -1.31. The molecule has 1 aliphatic rings. The molecule has 140 valence electrons. The third-order valence-corrected chi connectivity index (χ3v) is 5.87. The molecule has 0 saturated carbocycles. The first-order valence-corrected chi connectivity index (χ1v) is 10.7. The van der Waals surface area contributed by atoms with Gasteiger partial charge >= 0.3 is 0 Å². The van der Waals surface area contributed by atoms with Crippen molar-refractivity contribution in [3.63, 3.8) is 0 Å². The van der Waals surface area contributed by atoms with Crippen molar-refractivity contribution >= 4 is 33.2 Å². The number of nitrogens with zero attached hydrogens (tertiary/aromatic N) is 2. The highest BCUT2D eigenvalue weighted by Gasteiger charge is 2.33. The molecule has 0 unspecified atom stereocenters. The van der Waals surface area contributed by atoms with Crippen molar-refractivity contribution in [2.75, 3.05) is 30.7 Å². The van der Waals surface area contributed by atoms with Crippen LogP contribution in [-0.2, 0) is 14.8 Å². The van der Waals surface area contributed by atoms with E-state index in [0.29, 0.717) is 17.1 Å². The lowest BCUT2D eigenvalue weighted by molar-refractivity contribution is -0.123. The van der Waals surface area contributed by atoms with Gasteiger partial charge in [-0.3, -0.25) is 9.10 Å². The first kappa shape index (κ1) is 20.0. The van der Waals surface area contributed by atoms with Gasteiger partial charge in [0.15, 0.2) is 0 Å². The Morgan fingerprint density at radius 3 is 2.56 bits per heavy atom. The minimum atomic E-state index is -3.64. The predicted octanol–water partition coefficient (Wildman–Crippen LogP) is 2.09. The molecule has 8 heteroatoms. The molecule has 1 N–H and O–H groups in total. The van der Waals surface area contributed by atoms with Crippen molar-refractivity contribution < 1.29 is 13.2 Å². The van der Waals surface area contributed by atoms with Crippen LogP contribution in [0.1, 0.15) is 26.2 Å². The van der Waals surface area contributed by atoms with Crippen LogP contribution < -0.4 is 9.62 Å². The number of rotatable bonds is 6. The second-order valence-electron chi connectivity index (χ2n) is 6.55. The topological polar surface area (TPSA) is 69.7 Å². The molecule has 6 nitrogen and oxygen atoms in total. The highest BCUT2D eigenvalue weighted by atomic mass is 35.5. The van der Waals surface area contributed by atoms with Gasteiger partial charge in [-0.1, -0.05) is 24.6 Å². The van der Waals surface area contributed by atoms with E-state index in [0.717, 1.165) is 32.2 Å². The highest BCUT2D eigenvalue weighted by Crippen LogP contribution is 2.25. The van der Waals surface area contributed by atoms with E-state index in [2.05, 4.69) is 17.3 Å². The Bertz CT molecular complexity index is 703. The number of nitrogens with one attached hydrogen (secondary N) is 1. The molecule has 2 rings (SSSR count). The van der Waals surface area contributed by atoms with Crippen LogP contribution in [-0.4, -0.2) is 57.7 Å². The quantitative estimate of drug-likeness (QED) is 0.811. The number of hydrogen-bond acceptors (Lipinski definition) is 4. The molecule has 25 heavy (non-hydrogen) atoms. The minimum absolute atomic E-state index is 0.0820. The number of carbonyl (C=O) groups is 1. The van der Waals surface area contributed by atoms with Crippen LogP contribution in [0.2, 0.25) is 5.02 Å². The van der Waals surface area contributed by atoms with Gasteiger partial charge in [0.25, 0.3) is 0 Å². The third-order valence-electron chi connectivity index (χ3n) is 4.46. The first-order chi connectivity index (χ1) is 11.7. The molecule has 0 aliphatic carbocycles. The number of anilines is 1. The molecule has 1 heterocycles. The molecule has 0 aromatic heterocycles. The molecule has 1 aliphatic heterocycles. The van der Waals surface area contributed by atoms with Gasteiger partial charge in [0.05, 0.1) is 11.9 Å². The molecule has 1 aromatic rings. The van der Waals surface area contributed by atoms with Gasteiger partial charge in [-0.25, -0.2) is 8.42 Å². The summed E-state index contributed by atoms with van der Waals surface area (Å²) in [5, 5.41) is 3.45. The second kappa shape index (κ2) is 8.38. The molecule has 1 fully saturated rings. The SMILES string of the molecule is CC[C@H](C(=O)NC1CCN(C)CC1)N(c1cccc(Cl)c1)S(C)(=O)=O. The molecule has 0 bridgehead atoms. The summed E-state index contributed by atoms with van der Waals surface area (Å²) in [7, 11) is -1.58. The molecule has 1 saturated heterocycles. The summed E-state index contributed by atoms with van der Waals surface area (Å²) in [5.41, 5.74) is 0.403. The van der Waals surface area contributed by atoms with E-state index in [-0.39, 0.29) is 11.9 Å². The zero-order chi connectivity index (χ0) is 18.6. The fourth-order valence-electron chi connectivity index (χ4n) is 3.12.